The Kier molecular flexibility index (Phi) is 5.25. The number of carbonyl (C=O) groups is 1. The molecule has 1 aliphatic heterocycles. The molecule has 0 aliphatic carbocycles. The molecule has 19 heavy (non-hydrogen) atoms. The molecule has 1 amide bonds. The molecule has 0 saturated carbocycles. The van der Waals surface area contributed by atoms with Crippen molar-refractivity contribution in [1.82, 2.24) is 4.90 Å². The quantitative estimate of drug-likeness (QED) is 0.849. The number of likely N-dealkylation sites (tertiary alicyclic amines) is 1. The fourth-order valence-corrected chi connectivity index (χ4v) is 2.58. The first kappa shape index (κ1) is 14.4. The van der Waals surface area contributed by atoms with Crippen LogP contribution < -0.4 is 4.74 Å². The monoisotopic (exact) mass is 325 g/mol. The van der Waals surface area contributed by atoms with Crippen LogP contribution in [0.2, 0.25) is 0 Å². The number of hydrogen-bond acceptors (Lipinski definition) is 2. The van der Waals surface area contributed by atoms with Crippen LogP contribution in [0.25, 0.3) is 0 Å². The van der Waals surface area contributed by atoms with E-state index in [-0.39, 0.29) is 5.91 Å². The maximum absolute atomic E-state index is 12.3. The number of halogens is 1. The number of ether oxygens (including phenoxy) is 1. The van der Waals surface area contributed by atoms with Gasteiger partial charge in [-0.2, -0.15) is 0 Å². The van der Waals surface area contributed by atoms with Crippen LogP contribution >= 0.6 is 15.9 Å². The number of nitrogens with zero attached hydrogens (tertiary/aromatic N) is 1. The van der Waals surface area contributed by atoms with Gasteiger partial charge < -0.3 is 9.64 Å². The second-order valence-corrected chi connectivity index (χ2v) is 5.87. The van der Waals surface area contributed by atoms with Crippen molar-refractivity contribution in [3.8, 4) is 5.75 Å². The molecule has 2 rings (SSSR count). The largest absolute Gasteiger partial charge is 0.481 e. The topological polar surface area (TPSA) is 29.5 Å². The van der Waals surface area contributed by atoms with Crippen molar-refractivity contribution in [2.75, 3.05) is 13.1 Å². The minimum Gasteiger partial charge on any atom is -0.481 e. The molecule has 1 aliphatic rings. The Hall–Kier alpha value is -1.03. The molecule has 1 heterocycles. The molecule has 4 heteroatoms. The van der Waals surface area contributed by atoms with Gasteiger partial charge in [0, 0.05) is 17.6 Å². The third-order valence-corrected chi connectivity index (χ3v) is 3.92. The molecular weight excluding hydrogens is 306 g/mol. The second-order valence-electron chi connectivity index (χ2n) is 4.95. The van der Waals surface area contributed by atoms with Crippen LogP contribution in [0.3, 0.4) is 0 Å². The normalized spacial score (nSPS) is 17.7. The molecule has 104 valence electrons. The molecule has 3 nitrogen and oxygen atoms in total. The van der Waals surface area contributed by atoms with E-state index < -0.39 is 6.10 Å². The Morgan fingerprint density at radius 3 is 2.32 bits per heavy atom. The van der Waals surface area contributed by atoms with Crippen LogP contribution in [0.1, 0.15) is 32.6 Å². The van der Waals surface area contributed by atoms with E-state index in [0.29, 0.717) is 0 Å². The lowest BCUT2D eigenvalue weighted by molar-refractivity contribution is -0.137. The number of rotatable bonds is 3. The molecule has 0 aromatic heterocycles. The summed E-state index contributed by atoms with van der Waals surface area (Å²) in [5.41, 5.74) is 0. The molecule has 0 spiro atoms. The number of hydrogen-bond donors (Lipinski definition) is 0. The predicted octanol–water partition coefficient (Wildman–Crippen LogP) is 3.62. The van der Waals surface area contributed by atoms with Crippen LogP contribution in [-0.2, 0) is 4.79 Å². The minimum atomic E-state index is -0.417. The van der Waals surface area contributed by atoms with E-state index in [9.17, 15) is 4.79 Å². The highest BCUT2D eigenvalue weighted by Gasteiger charge is 2.22. The predicted molar refractivity (Wildman–Crippen MR) is 79.3 cm³/mol. The lowest BCUT2D eigenvalue weighted by Gasteiger charge is -2.24. The van der Waals surface area contributed by atoms with Gasteiger partial charge in [0.25, 0.3) is 5.91 Å². The zero-order valence-electron chi connectivity index (χ0n) is 11.3. The van der Waals surface area contributed by atoms with Crippen LogP contribution in [0.4, 0.5) is 0 Å². The van der Waals surface area contributed by atoms with Crippen molar-refractivity contribution in [1.29, 1.82) is 0 Å². The lowest BCUT2D eigenvalue weighted by Crippen LogP contribution is -2.40. The lowest BCUT2D eigenvalue weighted by atomic mass is 10.2. The van der Waals surface area contributed by atoms with Gasteiger partial charge in [0.2, 0.25) is 0 Å². The van der Waals surface area contributed by atoms with Gasteiger partial charge >= 0.3 is 0 Å². The van der Waals surface area contributed by atoms with Crippen molar-refractivity contribution < 1.29 is 9.53 Å². The summed E-state index contributed by atoms with van der Waals surface area (Å²) in [6.45, 7) is 3.56. The highest BCUT2D eigenvalue weighted by Crippen LogP contribution is 2.18. The van der Waals surface area contributed by atoms with Crippen molar-refractivity contribution in [3.05, 3.63) is 28.7 Å². The van der Waals surface area contributed by atoms with Crippen LogP contribution in [0.15, 0.2) is 28.7 Å². The average Bonchev–Trinajstić information content (AvgIpc) is 2.69. The Morgan fingerprint density at radius 2 is 1.74 bits per heavy atom. The van der Waals surface area contributed by atoms with E-state index in [1.165, 1.54) is 12.8 Å². The molecule has 0 bridgehead atoms. The van der Waals surface area contributed by atoms with E-state index in [4.69, 9.17) is 4.74 Å². The van der Waals surface area contributed by atoms with Crippen LogP contribution in [0.5, 0.6) is 5.75 Å². The first-order valence-electron chi connectivity index (χ1n) is 6.88. The van der Waals surface area contributed by atoms with Gasteiger partial charge in [-0.3, -0.25) is 4.79 Å². The van der Waals surface area contributed by atoms with Gasteiger partial charge in [0.15, 0.2) is 6.10 Å². The summed E-state index contributed by atoms with van der Waals surface area (Å²) >= 11 is 3.38. The van der Waals surface area contributed by atoms with Crippen molar-refractivity contribution in [3.63, 3.8) is 0 Å². The van der Waals surface area contributed by atoms with Gasteiger partial charge in [-0.15, -0.1) is 0 Å². The zero-order chi connectivity index (χ0) is 13.7. The van der Waals surface area contributed by atoms with Crippen LogP contribution in [0, 0.1) is 0 Å². The smallest absolute Gasteiger partial charge is 0.263 e. The Morgan fingerprint density at radius 1 is 1.16 bits per heavy atom. The van der Waals surface area contributed by atoms with Gasteiger partial charge in [-0.25, -0.2) is 0 Å². The van der Waals surface area contributed by atoms with Gasteiger partial charge in [-0.1, -0.05) is 28.8 Å². The minimum absolute atomic E-state index is 0.102. The third kappa shape index (κ3) is 4.23. The maximum Gasteiger partial charge on any atom is 0.263 e. The molecule has 1 aromatic rings. The summed E-state index contributed by atoms with van der Waals surface area (Å²) < 4.78 is 6.72. The first-order chi connectivity index (χ1) is 9.16. The second kappa shape index (κ2) is 6.94. The summed E-state index contributed by atoms with van der Waals surface area (Å²) in [4.78, 5) is 14.3. The zero-order valence-corrected chi connectivity index (χ0v) is 12.9. The van der Waals surface area contributed by atoms with E-state index in [1.807, 2.05) is 36.1 Å². The van der Waals surface area contributed by atoms with E-state index in [0.717, 1.165) is 36.2 Å². The standard InChI is InChI=1S/C15H20BrNO2/c1-12(19-14-8-6-13(16)7-9-14)15(18)17-10-4-2-3-5-11-17/h6-9,12H,2-5,10-11H2,1H3/t12-/m1/s1. The van der Waals surface area contributed by atoms with E-state index in [1.54, 1.807) is 0 Å². The molecule has 1 atom stereocenters. The van der Waals surface area contributed by atoms with Gasteiger partial charge in [0.05, 0.1) is 0 Å². The molecule has 0 unspecified atom stereocenters. The van der Waals surface area contributed by atoms with Gasteiger partial charge in [-0.05, 0) is 44.0 Å². The molecule has 0 N–H and O–H groups in total. The van der Waals surface area contributed by atoms with E-state index >= 15 is 0 Å². The fraction of sp³-hybridized carbons (Fsp3) is 0.533. The Balaban J connectivity index is 1.92. The van der Waals surface area contributed by atoms with Crippen molar-refractivity contribution in [2.45, 2.75) is 38.7 Å². The third-order valence-electron chi connectivity index (χ3n) is 3.39. The molecule has 1 saturated heterocycles. The summed E-state index contributed by atoms with van der Waals surface area (Å²) in [6.07, 6.45) is 4.25. The highest BCUT2D eigenvalue weighted by molar-refractivity contribution is 9.10. The Labute approximate surface area is 123 Å². The molecule has 0 radical (unpaired) electrons. The Bertz CT molecular complexity index is 411. The SMILES string of the molecule is C[C@@H](Oc1ccc(Br)cc1)C(=O)N1CCCCCC1. The molecule has 1 aromatic carbocycles. The summed E-state index contributed by atoms with van der Waals surface area (Å²) in [5.74, 6) is 0.837. The summed E-state index contributed by atoms with van der Waals surface area (Å²) in [6, 6.07) is 7.57. The number of amides is 1. The summed E-state index contributed by atoms with van der Waals surface area (Å²) in [7, 11) is 0. The highest BCUT2D eigenvalue weighted by atomic mass is 79.9. The summed E-state index contributed by atoms with van der Waals surface area (Å²) in [5, 5.41) is 0. The van der Waals surface area contributed by atoms with Crippen LogP contribution in [-0.4, -0.2) is 30.0 Å². The first-order valence-corrected chi connectivity index (χ1v) is 7.67. The molecular formula is C15H20BrNO2. The maximum atomic E-state index is 12.3. The number of benzene rings is 1. The van der Waals surface area contributed by atoms with Crippen molar-refractivity contribution >= 4 is 21.8 Å². The number of carbonyl (C=O) groups excluding carboxylic acids is 1. The van der Waals surface area contributed by atoms with E-state index in [2.05, 4.69) is 15.9 Å². The fourth-order valence-electron chi connectivity index (χ4n) is 2.32. The van der Waals surface area contributed by atoms with Crippen molar-refractivity contribution in [2.24, 2.45) is 0 Å². The molecule has 1 fully saturated rings. The average molecular weight is 326 g/mol. The van der Waals surface area contributed by atoms with Gasteiger partial charge in [0.1, 0.15) is 5.75 Å².